The summed E-state index contributed by atoms with van der Waals surface area (Å²) in [7, 11) is 0. The van der Waals surface area contributed by atoms with E-state index in [1.165, 1.54) is 18.5 Å². The molecule has 5 nitrogen and oxygen atoms in total. The molecule has 0 atom stereocenters. The number of nitrogens with zero attached hydrogens (tertiary/aromatic N) is 2. The predicted molar refractivity (Wildman–Crippen MR) is 59.8 cm³/mol. The summed E-state index contributed by atoms with van der Waals surface area (Å²) in [5.41, 5.74) is 6.23. The Morgan fingerprint density at radius 3 is 2.00 bits per heavy atom. The first-order chi connectivity index (χ1) is 7.70. The summed E-state index contributed by atoms with van der Waals surface area (Å²) in [6.45, 7) is 0. The minimum Gasteiger partial charge on any atom is -0.478 e. The van der Waals surface area contributed by atoms with Crippen LogP contribution >= 0.6 is 0 Å². The van der Waals surface area contributed by atoms with Gasteiger partial charge in [-0.15, -0.1) is 0 Å². The smallest absolute Gasteiger partial charge is 0.337 e. The van der Waals surface area contributed by atoms with E-state index in [0.29, 0.717) is 5.69 Å². The average molecular weight is 217 g/mol. The fourth-order valence-electron chi connectivity index (χ4n) is 0.865. The van der Waals surface area contributed by atoms with Crippen LogP contribution in [0.3, 0.4) is 0 Å². The fourth-order valence-corrected chi connectivity index (χ4v) is 0.865. The molecule has 0 amide bonds. The molecule has 2 aromatic heterocycles. The van der Waals surface area contributed by atoms with Crippen molar-refractivity contribution in [1.82, 2.24) is 9.97 Å². The van der Waals surface area contributed by atoms with Gasteiger partial charge in [0.25, 0.3) is 0 Å². The topological polar surface area (TPSA) is 89.1 Å². The number of anilines is 1. The SMILES string of the molecule is Nc1cccnc1.O=C(O)c1cccnc1. The Bertz CT molecular complexity index is 431. The third-order valence-corrected chi connectivity index (χ3v) is 1.59. The highest BCUT2D eigenvalue weighted by molar-refractivity contribution is 5.86. The minimum absolute atomic E-state index is 0.220. The molecule has 0 bridgehead atoms. The molecule has 0 saturated heterocycles. The van der Waals surface area contributed by atoms with Crippen molar-refractivity contribution < 1.29 is 9.90 Å². The molecule has 0 fully saturated rings. The van der Waals surface area contributed by atoms with E-state index in [1.54, 1.807) is 30.6 Å². The summed E-state index contributed by atoms with van der Waals surface area (Å²) in [5.74, 6) is -0.942. The zero-order chi connectivity index (χ0) is 11.8. The molecule has 0 aliphatic rings. The molecule has 16 heavy (non-hydrogen) atoms. The number of carboxylic acid groups (broad SMARTS) is 1. The van der Waals surface area contributed by atoms with E-state index < -0.39 is 5.97 Å². The van der Waals surface area contributed by atoms with E-state index in [9.17, 15) is 4.79 Å². The first-order valence-electron chi connectivity index (χ1n) is 4.49. The maximum atomic E-state index is 10.2. The van der Waals surface area contributed by atoms with Crippen LogP contribution < -0.4 is 5.73 Å². The van der Waals surface area contributed by atoms with Crippen LogP contribution in [0.4, 0.5) is 5.69 Å². The summed E-state index contributed by atoms with van der Waals surface area (Å²) < 4.78 is 0. The highest BCUT2D eigenvalue weighted by Crippen LogP contribution is 1.93. The third-order valence-electron chi connectivity index (χ3n) is 1.59. The van der Waals surface area contributed by atoms with Gasteiger partial charge in [-0.25, -0.2) is 4.79 Å². The molecule has 2 heterocycles. The number of nitrogen functional groups attached to an aromatic ring is 1. The molecule has 82 valence electrons. The van der Waals surface area contributed by atoms with E-state index in [2.05, 4.69) is 9.97 Å². The number of hydrogen-bond donors (Lipinski definition) is 2. The second-order valence-corrected chi connectivity index (χ2v) is 2.83. The highest BCUT2D eigenvalue weighted by atomic mass is 16.4. The van der Waals surface area contributed by atoms with Crippen LogP contribution in [0.2, 0.25) is 0 Å². The normalized spacial score (nSPS) is 8.75. The number of aromatic nitrogens is 2. The summed E-state index contributed by atoms with van der Waals surface area (Å²) in [4.78, 5) is 17.5. The monoisotopic (exact) mass is 217 g/mol. The maximum absolute atomic E-state index is 10.2. The molecule has 0 unspecified atom stereocenters. The van der Waals surface area contributed by atoms with Crippen molar-refractivity contribution in [1.29, 1.82) is 0 Å². The van der Waals surface area contributed by atoms with Gasteiger partial charge >= 0.3 is 5.97 Å². The predicted octanol–water partition coefficient (Wildman–Crippen LogP) is 1.44. The second-order valence-electron chi connectivity index (χ2n) is 2.83. The molecule has 2 aromatic rings. The Balaban J connectivity index is 0.000000165. The number of nitrogens with two attached hydrogens (primary N) is 1. The van der Waals surface area contributed by atoms with Gasteiger partial charge in [0.15, 0.2) is 0 Å². The molecule has 0 spiro atoms. The average Bonchev–Trinajstić information content (AvgIpc) is 2.32. The molecule has 5 heteroatoms. The molecular formula is C11H11N3O2. The van der Waals surface area contributed by atoms with E-state index in [-0.39, 0.29) is 5.56 Å². The minimum atomic E-state index is -0.942. The van der Waals surface area contributed by atoms with Gasteiger partial charge in [-0.1, -0.05) is 0 Å². The van der Waals surface area contributed by atoms with Gasteiger partial charge in [-0.2, -0.15) is 0 Å². The first-order valence-corrected chi connectivity index (χ1v) is 4.49. The standard InChI is InChI=1S/C6H5NO2.C5H6N2/c8-6(9)5-2-1-3-7-4-5;6-5-2-1-3-7-4-5/h1-4H,(H,8,9);1-4H,6H2. The van der Waals surface area contributed by atoms with Gasteiger partial charge in [-0.05, 0) is 24.3 Å². The van der Waals surface area contributed by atoms with Gasteiger partial charge in [0.05, 0.1) is 11.3 Å². The van der Waals surface area contributed by atoms with Crippen LogP contribution in [0.25, 0.3) is 0 Å². The summed E-state index contributed by atoms with van der Waals surface area (Å²) >= 11 is 0. The summed E-state index contributed by atoms with van der Waals surface area (Å²) in [5, 5.41) is 8.34. The van der Waals surface area contributed by atoms with Crippen molar-refractivity contribution in [2.24, 2.45) is 0 Å². The summed E-state index contributed by atoms with van der Waals surface area (Å²) in [6, 6.07) is 6.68. The molecule has 0 aliphatic carbocycles. The van der Waals surface area contributed by atoms with Crippen LogP contribution in [0.5, 0.6) is 0 Å². The van der Waals surface area contributed by atoms with Crippen molar-refractivity contribution >= 4 is 11.7 Å². The van der Waals surface area contributed by atoms with Crippen LogP contribution in [-0.2, 0) is 0 Å². The Morgan fingerprint density at radius 2 is 1.75 bits per heavy atom. The molecule has 0 saturated carbocycles. The van der Waals surface area contributed by atoms with Crippen molar-refractivity contribution in [3.63, 3.8) is 0 Å². The van der Waals surface area contributed by atoms with Crippen LogP contribution in [-0.4, -0.2) is 21.0 Å². The molecule has 0 aliphatic heterocycles. The lowest BCUT2D eigenvalue weighted by molar-refractivity contribution is 0.0696. The van der Waals surface area contributed by atoms with Crippen LogP contribution in [0.15, 0.2) is 49.1 Å². The Kier molecular flexibility index (Phi) is 4.46. The Labute approximate surface area is 92.6 Å². The summed E-state index contributed by atoms with van der Waals surface area (Å²) in [6.07, 6.45) is 6.14. The number of carboxylic acids is 1. The lowest BCUT2D eigenvalue weighted by Gasteiger charge is -1.87. The van der Waals surface area contributed by atoms with Gasteiger partial charge in [0.1, 0.15) is 0 Å². The van der Waals surface area contributed by atoms with E-state index >= 15 is 0 Å². The quantitative estimate of drug-likeness (QED) is 0.754. The van der Waals surface area contributed by atoms with Crippen LogP contribution in [0.1, 0.15) is 10.4 Å². The number of carbonyl (C=O) groups is 1. The Morgan fingerprint density at radius 1 is 1.12 bits per heavy atom. The molecule has 0 radical (unpaired) electrons. The largest absolute Gasteiger partial charge is 0.478 e. The van der Waals surface area contributed by atoms with Crippen molar-refractivity contribution in [2.45, 2.75) is 0 Å². The fraction of sp³-hybridized carbons (Fsp3) is 0. The molecular weight excluding hydrogens is 206 g/mol. The number of pyridine rings is 2. The van der Waals surface area contributed by atoms with Crippen molar-refractivity contribution in [2.75, 3.05) is 5.73 Å². The third kappa shape index (κ3) is 4.19. The lowest BCUT2D eigenvalue weighted by atomic mass is 10.3. The van der Waals surface area contributed by atoms with Crippen molar-refractivity contribution in [3.8, 4) is 0 Å². The number of hydrogen-bond acceptors (Lipinski definition) is 4. The number of aromatic carboxylic acids is 1. The van der Waals surface area contributed by atoms with Crippen molar-refractivity contribution in [3.05, 3.63) is 54.6 Å². The molecule has 2 rings (SSSR count). The number of rotatable bonds is 1. The van der Waals surface area contributed by atoms with Gasteiger partial charge in [0, 0.05) is 24.8 Å². The van der Waals surface area contributed by atoms with Crippen LogP contribution in [0, 0.1) is 0 Å². The van der Waals surface area contributed by atoms with E-state index in [1.807, 2.05) is 0 Å². The second kappa shape index (κ2) is 6.13. The first kappa shape index (κ1) is 11.6. The van der Waals surface area contributed by atoms with Gasteiger partial charge in [-0.3, -0.25) is 9.97 Å². The van der Waals surface area contributed by atoms with Gasteiger partial charge < -0.3 is 10.8 Å². The van der Waals surface area contributed by atoms with E-state index in [4.69, 9.17) is 10.8 Å². The maximum Gasteiger partial charge on any atom is 0.337 e. The van der Waals surface area contributed by atoms with Gasteiger partial charge in [0.2, 0.25) is 0 Å². The zero-order valence-electron chi connectivity index (χ0n) is 8.45. The zero-order valence-corrected chi connectivity index (χ0v) is 8.45. The lowest BCUT2D eigenvalue weighted by Crippen LogP contribution is -1.94. The van der Waals surface area contributed by atoms with E-state index in [0.717, 1.165) is 0 Å². The Hall–Kier alpha value is -2.43. The molecule has 0 aromatic carbocycles. The molecule has 3 N–H and O–H groups in total. The highest BCUT2D eigenvalue weighted by Gasteiger charge is 1.97.